The third kappa shape index (κ3) is 4.57. The summed E-state index contributed by atoms with van der Waals surface area (Å²) >= 11 is 2.39. The van der Waals surface area contributed by atoms with E-state index in [0.717, 1.165) is 12.0 Å². The van der Waals surface area contributed by atoms with Crippen LogP contribution in [0.2, 0.25) is 0 Å². The first-order valence-electron chi connectivity index (χ1n) is 5.69. The number of hydrogen-bond acceptors (Lipinski definition) is 0. The van der Waals surface area contributed by atoms with Crippen molar-refractivity contribution < 1.29 is 0 Å². The molecule has 1 heteroatoms. The minimum absolute atomic E-state index is 0.229. The van der Waals surface area contributed by atoms with E-state index in [1.165, 1.54) is 16.4 Å². The Hall–Kier alpha value is -0.490. The topological polar surface area (TPSA) is 0 Å². The Morgan fingerprint density at radius 2 is 1.75 bits per heavy atom. The van der Waals surface area contributed by atoms with E-state index >= 15 is 0 Å². The van der Waals surface area contributed by atoms with E-state index in [9.17, 15) is 0 Å². The molecule has 0 saturated heterocycles. The van der Waals surface area contributed by atoms with Gasteiger partial charge in [-0.2, -0.15) is 0 Å². The van der Waals surface area contributed by atoms with Gasteiger partial charge < -0.3 is 0 Å². The van der Waals surface area contributed by atoms with Gasteiger partial charge >= 0.3 is 0 Å². The third-order valence-corrected chi connectivity index (χ3v) is 3.18. The van der Waals surface area contributed by atoms with Crippen molar-refractivity contribution in [2.24, 2.45) is 0 Å². The Balaban J connectivity index is 2.67. The molecule has 0 fully saturated rings. The number of halogens is 1. The molecule has 1 rings (SSSR count). The molecule has 86 valence electrons. The van der Waals surface area contributed by atoms with Crippen LogP contribution < -0.4 is 0 Å². The fourth-order valence-corrected chi connectivity index (χ4v) is 1.75. The highest BCUT2D eigenvalue weighted by molar-refractivity contribution is 14.1. The highest BCUT2D eigenvalue weighted by atomic mass is 127. The monoisotopic (exact) mass is 326 g/mol. The molecule has 0 radical (unpaired) electrons. The summed E-state index contributed by atoms with van der Waals surface area (Å²) in [5.74, 6) is 6.41. The molecule has 0 aromatic heterocycles. The quantitative estimate of drug-likeness (QED) is 0.324. The van der Waals surface area contributed by atoms with Gasteiger partial charge in [-0.25, -0.2) is 0 Å². The summed E-state index contributed by atoms with van der Waals surface area (Å²) in [5.41, 5.74) is 2.72. The predicted molar refractivity (Wildman–Crippen MR) is 80.1 cm³/mol. The Bertz CT molecular complexity index is 371. The first-order chi connectivity index (χ1) is 7.54. The van der Waals surface area contributed by atoms with Crippen molar-refractivity contribution in [3.05, 3.63) is 35.4 Å². The lowest BCUT2D eigenvalue weighted by Crippen LogP contribution is -2.10. The van der Waals surface area contributed by atoms with Gasteiger partial charge in [0.25, 0.3) is 0 Å². The Morgan fingerprint density at radius 1 is 1.12 bits per heavy atom. The van der Waals surface area contributed by atoms with E-state index in [1.54, 1.807) is 0 Å². The second-order valence-corrected chi connectivity index (χ2v) is 6.00. The minimum atomic E-state index is 0.229. The van der Waals surface area contributed by atoms with Crippen LogP contribution in [-0.2, 0) is 5.41 Å². The summed E-state index contributed by atoms with van der Waals surface area (Å²) in [7, 11) is 0. The van der Waals surface area contributed by atoms with E-state index in [0.29, 0.717) is 0 Å². The largest absolute Gasteiger partial charge is 0.0979 e. The molecule has 1 aromatic rings. The average Bonchev–Trinajstić information content (AvgIpc) is 2.24. The zero-order valence-electron chi connectivity index (χ0n) is 10.3. The molecule has 0 spiro atoms. The third-order valence-electron chi connectivity index (χ3n) is 2.42. The minimum Gasteiger partial charge on any atom is -0.0979 e. The van der Waals surface area contributed by atoms with Crippen molar-refractivity contribution >= 4 is 22.6 Å². The first kappa shape index (κ1) is 13.6. The number of benzene rings is 1. The normalized spacial score (nSPS) is 10.8. The van der Waals surface area contributed by atoms with Crippen molar-refractivity contribution in [3.63, 3.8) is 0 Å². The van der Waals surface area contributed by atoms with Gasteiger partial charge in [0.1, 0.15) is 0 Å². The van der Waals surface area contributed by atoms with Crippen molar-refractivity contribution in [2.75, 3.05) is 4.43 Å². The van der Waals surface area contributed by atoms with E-state index in [4.69, 9.17) is 0 Å². The SMILES string of the molecule is CC(C)(C)c1ccc(C#CCCCI)cc1. The lowest BCUT2D eigenvalue weighted by Gasteiger charge is -2.18. The highest BCUT2D eigenvalue weighted by Gasteiger charge is 2.12. The summed E-state index contributed by atoms with van der Waals surface area (Å²) in [4.78, 5) is 0. The summed E-state index contributed by atoms with van der Waals surface area (Å²) in [6.45, 7) is 6.69. The van der Waals surface area contributed by atoms with Crippen molar-refractivity contribution in [1.29, 1.82) is 0 Å². The van der Waals surface area contributed by atoms with E-state index in [1.807, 2.05) is 0 Å². The molecule has 0 N–H and O–H groups in total. The molecule has 0 nitrogen and oxygen atoms in total. The maximum atomic E-state index is 3.21. The van der Waals surface area contributed by atoms with Gasteiger partial charge in [0.2, 0.25) is 0 Å². The van der Waals surface area contributed by atoms with Crippen LogP contribution in [0.5, 0.6) is 0 Å². The van der Waals surface area contributed by atoms with Crippen molar-refractivity contribution in [1.82, 2.24) is 0 Å². The maximum Gasteiger partial charge on any atom is 0.0245 e. The smallest absolute Gasteiger partial charge is 0.0245 e. The zero-order valence-corrected chi connectivity index (χ0v) is 12.5. The van der Waals surface area contributed by atoms with Gasteiger partial charge in [0.05, 0.1) is 0 Å². The fourth-order valence-electron chi connectivity index (χ4n) is 1.37. The van der Waals surface area contributed by atoms with Crippen LogP contribution in [0, 0.1) is 11.8 Å². The van der Waals surface area contributed by atoms with Crippen LogP contribution in [0.15, 0.2) is 24.3 Å². The first-order valence-corrected chi connectivity index (χ1v) is 7.22. The molecule has 0 bridgehead atoms. The average molecular weight is 326 g/mol. The summed E-state index contributed by atoms with van der Waals surface area (Å²) in [6, 6.07) is 8.61. The van der Waals surface area contributed by atoms with E-state index < -0.39 is 0 Å². The summed E-state index contributed by atoms with van der Waals surface area (Å²) in [6.07, 6.45) is 2.19. The molecule has 0 unspecified atom stereocenters. The summed E-state index contributed by atoms with van der Waals surface area (Å²) in [5, 5.41) is 0. The molecule has 0 aliphatic heterocycles. The van der Waals surface area contributed by atoms with Gasteiger partial charge in [0, 0.05) is 16.4 Å². The van der Waals surface area contributed by atoms with Crippen LogP contribution in [0.25, 0.3) is 0 Å². The van der Waals surface area contributed by atoms with Crippen molar-refractivity contribution in [2.45, 2.75) is 39.0 Å². The number of hydrogen-bond donors (Lipinski definition) is 0. The predicted octanol–water partition coefficient (Wildman–Crippen LogP) is 4.55. The standard InChI is InChI=1S/C15H19I/c1-15(2,3)14-10-8-13(9-11-14)7-5-4-6-12-16/h8-11H,4,6,12H2,1-3H3. The van der Waals surface area contributed by atoms with Gasteiger partial charge in [-0.05, 0) is 29.5 Å². The van der Waals surface area contributed by atoms with Crippen LogP contribution in [0.4, 0.5) is 0 Å². The van der Waals surface area contributed by atoms with Crippen LogP contribution in [-0.4, -0.2) is 4.43 Å². The van der Waals surface area contributed by atoms with E-state index in [-0.39, 0.29) is 5.41 Å². The van der Waals surface area contributed by atoms with Crippen LogP contribution in [0.3, 0.4) is 0 Å². The Morgan fingerprint density at radius 3 is 2.25 bits per heavy atom. The zero-order chi connectivity index (χ0) is 12.0. The molecule has 1 aromatic carbocycles. The number of rotatable bonds is 2. The molecule has 0 atom stereocenters. The fraction of sp³-hybridized carbons (Fsp3) is 0.467. The molecule has 0 heterocycles. The molecule has 0 amide bonds. The summed E-state index contributed by atoms with van der Waals surface area (Å²) < 4.78 is 1.19. The highest BCUT2D eigenvalue weighted by Crippen LogP contribution is 2.21. The maximum absolute atomic E-state index is 3.21. The van der Waals surface area contributed by atoms with Gasteiger partial charge in [0.15, 0.2) is 0 Å². The molecule has 0 saturated carbocycles. The Kier molecular flexibility index (Phi) is 5.34. The van der Waals surface area contributed by atoms with Crippen LogP contribution >= 0.6 is 22.6 Å². The van der Waals surface area contributed by atoms with E-state index in [2.05, 4.69) is 79.5 Å². The second-order valence-electron chi connectivity index (χ2n) is 4.92. The van der Waals surface area contributed by atoms with Gasteiger partial charge in [-0.3, -0.25) is 0 Å². The van der Waals surface area contributed by atoms with Gasteiger partial charge in [-0.15, -0.1) is 0 Å². The lowest BCUT2D eigenvalue weighted by molar-refractivity contribution is 0.590. The lowest BCUT2D eigenvalue weighted by atomic mass is 9.87. The number of unbranched alkanes of at least 4 members (excludes halogenated alkanes) is 1. The second kappa shape index (κ2) is 6.30. The van der Waals surface area contributed by atoms with Crippen LogP contribution in [0.1, 0.15) is 44.7 Å². The number of alkyl halides is 1. The molecular formula is C15H19I. The molecular weight excluding hydrogens is 307 g/mol. The van der Waals surface area contributed by atoms with Crippen molar-refractivity contribution in [3.8, 4) is 11.8 Å². The molecule has 16 heavy (non-hydrogen) atoms. The van der Waals surface area contributed by atoms with Gasteiger partial charge in [-0.1, -0.05) is 67.3 Å². The Labute approximate surface area is 113 Å². The molecule has 0 aliphatic carbocycles. The molecule has 0 aliphatic rings.